The highest BCUT2D eigenvalue weighted by atomic mass is 16.5. The summed E-state index contributed by atoms with van der Waals surface area (Å²) in [5, 5.41) is 8.41. The summed E-state index contributed by atoms with van der Waals surface area (Å²) in [5.41, 5.74) is 0. The van der Waals surface area contributed by atoms with Gasteiger partial charge in [-0.25, -0.2) is 0 Å². The number of nitriles is 1. The second-order valence-electron chi connectivity index (χ2n) is 4.55. The first-order valence-electron chi connectivity index (χ1n) is 6.34. The van der Waals surface area contributed by atoms with Crippen LogP contribution in [0.5, 0.6) is 0 Å². The number of hydrogen-bond acceptors (Lipinski definition) is 4. The topological polar surface area (TPSA) is 62.6 Å². The Morgan fingerprint density at radius 1 is 1.28 bits per heavy atom. The Labute approximate surface area is 110 Å². The van der Waals surface area contributed by atoms with Crippen LogP contribution in [0.2, 0.25) is 0 Å². The Bertz CT molecular complexity index is 261. The van der Waals surface area contributed by atoms with E-state index in [2.05, 4.69) is 13.8 Å². The molecule has 0 fully saturated rings. The molecule has 0 bridgehead atoms. The number of ether oxygens (including phenoxy) is 2. The maximum Gasteiger partial charge on any atom is 0.224 e. The zero-order chi connectivity index (χ0) is 13.8. The molecule has 0 unspecified atom stereocenters. The first-order valence-corrected chi connectivity index (χ1v) is 6.34. The van der Waals surface area contributed by atoms with Crippen LogP contribution >= 0.6 is 0 Å². The van der Waals surface area contributed by atoms with Gasteiger partial charge in [0.2, 0.25) is 5.91 Å². The molecule has 5 heteroatoms. The molecule has 0 saturated heterocycles. The Morgan fingerprint density at radius 2 is 1.94 bits per heavy atom. The van der Waals surface area contributed by atoms with Gasteiger partial charge in [0.05, 0.1) is 38.7 Å². The minimum Gasteiger partial charge on any atom is -0.379 e. The number of nitrogens with zero attached hydrogens (tertiary/aromatic N) is 2. The minimum absolute atomic E-state index is 0.00773. The summed E-state index contributed by atoms with van der Waals surface area (Å²) in [6.45, 7) is 6.89. The highest BCUT2D eigenvalue weighted by Gasteiger charge is 2.07. The summed E-state index contributed by atoms with van der Waals surface area (Å²) < 4.78 is 10.6. The number of rotatable bonds is 10. The van der Waals surface area contributed by atoms with Crippen molar-refractivity contribution in [2.45, 2.75) is 26.7 Å². The van der Waals surface area contributed by atoms with Crippen molar-refractivity contribution in [3.8, 4) is 6.07 Å². The third-order valence-corrected chi connectivity index (χ3v) is 2.27. The van der Waals surface area contributed by atoms with Gasteiger partial charge in [-0.1, -0.05) is 13.8 Å². The van der Waals surface area contributed by atoms with Gasteiger partial charge in [-0.2, -0.15) is 5.26 Å². The molecule has 0 aliphatic heterocycles. The lowest BCUT2D eigenvalue weighted by Crippen LogP contribution is -2.28. The Hall–Kier alpha value is -1.12. The average molecular weight is 256 g/mol. The molecule has 5 nitrogen and oxygen atoms in total. The minimum atomic E-state index is 0.00773. The smallest absolute Gasteiger partial charge is 0.224 e. The van der Waals surface area contributed by atoms with Crippen LogP contribution in [0.15, 0.2) is 0 Å². The van der Waals surface area contributed by atoms with Gasteiger partial charge >= 0.3 is 0 Å². The molecule has 18 heavy (non-hydrogen) atoms. The summed E-state index contributed by atoms with van der Waals surface area (Å²) in [6.07, 6.45) is 0.720. The molecular formula is C13H24N2O3. The lowest BCUT2D eigenvalue weighted by atomic mass is 10.2. The summed E-state index contributed by atoms with van der Waals surface area (Å²) in [4.78, 5) is 13.1. The second-order valence-corrected chi connectivity index (χ2v) is 4.55. The molecule has 0 heterocycles. The number of hydrogen-bond donors (Lipinski definition) is 0. The molecule has 0 N–H and O–H groups in total. The van der Waals surface area contributed by atoms with Crippen LogP contribution in [0.4, 0.5) is 0 Å². The van der Waals surface area contributed by atoms with Crippen molar-refractivity contribution >= 4 is 5.91 Å². The van der Waals surface area contributed by atoms with Crippen LogP contribution in [0.25, 0.3) is 0 Å². The fourth-order valence-electron chi connectivity index (χ4n) is 1.23. The van der Waals surface area contributed by atoms with Crippen LogP contribution in [0, 0.1) is 17.2 Å². The monoisotopic (exact) mass is 256 g/mol. The normalized spacial score (nSPS) is 10.4. The summed E-state index contributed by atoms with van der Waals surface area (Å²) in [6, 6.07) is 2.01. The largest absolute Gasteiger partial charge is 0.379 e. The molecule has 0 saturated carbocycles. The van der Waals surface area contributed by atoms with Crippen LogP contribution in [0.3, 0.4) is 0 Å². The molecule has 0 aromatic rings. The van der Waals surface area contributed by atoms with Crippen molar-refractivity contribution in [3.63, 3.8) is 0 Å². The fourth-order valence-corrected chi connectivity index (χ4v) is 1.23. The molecule has 0 atom stereocenters. The summed E-state index contributed by atoms with van der Waals surface area (Å²) >= 11 is 0. The molecule has 0 spiro atoms. The predicted octanol–water partition coefficient (Wildman–Crippen LogP) is 1.44. The molecule has 0 rings (SSSR count). The number of amides is 1. The van der Waals surface area contributed by atoms with Crippen LogP contribution in [-0.2, 0) is 14.3 Å². The van der Waals surface area contributed by atoms with Crippen LogP contribution in [0.1, 0.15) is 26.7 Å². The van der Waals surface area contributed by atoms with Crippen molar-refractivity contribution in [3.05, 3.63) is 0 Å². The summed E-state index contributed by atoms with van der Waals surface area (Å²) in [7, 11) is 1.70. The van der Waals surface area contributed by atoms with Gasteiger partial charge in [-0.3, -0.25) is 4.79 Å². The van der Waals surface area contributed by atoms with Gasteiger partial charge in [0.15, 0.2) is 0 Å². The van der Waals surface area contributed by atoms with E-state index in [1.807, 2.05) is 6.07 Å². The average Bonchev–Trinajstić information content (AvgIpc) is 2.34. The Morgan fingerprint density at radius 3 is 2.56 bits per heavy atom. The molecule has 0 aliphatic rings. The molecule has 0 aromatic heterocycles. The van der Waals surface area contributed by atoms with E-state index >= 15 is 0 Å². The quantitative estimate of drug-likeness (QED) is 0.555. The molecule has 1 amide bonds. The van der Waals surface area contributed by atoms with Gasteiger partial charge in [-0.05, 0) is 5.92 Å². The van der Waals surface area contributed by atoms with Gasteiger partial charge in [-0.15, -0.1) is 0 Å². The molecule has 104 valence electrons. The first-order chi connectivity index (χ1) is 8.57. The Kier molecular flexibility index (Phi) is 10.3. The van der Waals surface area contributed by atoms with Gasteiger partial charge in [0.1, 0.15) is 0 Å². The number of carbonyl (C=O) groups is 1. The fraction of sp³-hybridized carbons (Fsp3) is 0.846. The molecular weight excluding hydrogens is 232 g/mol. The standard InChI is InChI=1S/C13H24N2O3/c1-12(2)11-18-10-9-17-8-5-13(16)15(3)7-4-6-14/h12H,4-5,7-11H2,1-3H3. The van der Waals surface area contributed by atoms with Crippen molar-refractivity contribution in [2.75, 3.05) is 40.0 Å². The molecule has 0 radical (unpaired) electrons. The van der Waals surface area contributed by atoms with E-state index in [1.54, 1.807) is 11.9 Å². The van der Waals surface area contributed by atoms with Crippen molar-refractivity contribution < 1.29 is 14.3 Å². The van der Waals surface area contributed by atoms with Gasteiger partial charge in [0, 0.05) is 20.2 Å². The van der Waals surface area contributed by atoms with E-state index in [0.29, 0.717) is 45.1 Å². The van der Waals surface area contributed by atoms with Crippen LogP contribution < -0.4 is 0 Å². The lowest BCUT2D eigenvalue weighted by molar-refractivity contribution is -0.131. The van der Waals surface area contributed by atoms with Gasteiger partial charge < -0.3 is 14.4 Å². The third-order valence-electron chi connectivity index (χ3n) is 2.27. The predicted molar refractivity (Wildman–Crippen MR) is 69.0 cm³/mol. The highest BCUT2D eigenvalue weighted by molar-refractivity contribution is 5.75. The SMILES string of the molecule is CC(C)COCCOCCC(=O)N(C)CCC#N. The third kappa shape index (κ3) is 10.1. The second kappa shape index (κ2) is 11.0. The number of carbonyl (C=O) groups excluding carboxylic acids is 1. The van der Waals surface area contributed by atoms with Crippen molar-refractivity contribution in [1.29, 1.82) is 5.26 Å². The zero-order valence-electron chi connectivity index (χ0n) is 11.6. The van der Waals surface area contributed by atoms with E-state index < -0.39 is 0 Å². The van der Waals surface area contributed by atoms with Gasteiger partial charge in [0.25, 0.3) is 0 Å². The van der Waals surface area contributed by atoms with E-state index in [0.717, 1.165) is 6.61 Å². The van der Waals surface area contributed by atoms with Crippen molar-refractivity contribution in [2.24, 2.45) is 5.92 Å². The zero-order valence-corrected chi connectivity index (χ0v) is 11.6. The summed E-state index contributed by atoms with van der Waals surface area (Å²) in [5.74, 6) is 0.536. The maximum absolute atomic E-state index is 11.5. The van der Waals surface area contributed by atoms with E-state index in [-0.39, 0.29) is 5.91 Å². The van der Waals surface area contributed by atoms with E-state index in [4.69, 9.17) is 14.7 Å². The lowest BCUT2D eigenvalue weighted by Gasteiger charge is -2.15. The van der Waals surface area contributed by atoms with E-state index in [1.165, 1.54) is 0 Å². The highest BCUT2D eigenvalue weighted by Crippen LogP contribution is 1.95. The maximum atomic E-state index is 11.5. The Balaban J connectivity index is 3.38. The van der Waals surface area contributed by atoms with Crippen molar-refractivity contribution in [1.82, 2.24) is 4.90 Å². The van der Waals surface area contributed by atoms with Crippen LogP contribution in [-0.4, -0.2) is 50.8 Å². The van der Waals surface area contributed by atoms with E-state index in [9.17, 15) is 4.79 Å². The first kappa shape index (κ1) is 16.9. The molecule has 0 aliphatic carbocycles. The molecule has 0 aromatic carbocycles.